The van der Waals surface area contributed by atoms with Crippen LogP contribution in [0.25, 0.3) is 10.9 Å². The zero-order valence-corrected chi connectivity index (χ0v) is 9.16. The van der Waals surface area contributed by atoms with Gasteiger partial charge in [0.15, 0.2) is 0 Å². The summed E-state index contributed by atoms with van der Waals surface area (Å²) in [6, 6.07) is 8.34. The van der Waals surface area contributed by atoms with Crippen LogP contribution in [0.2, 0.25) is 0 Å². The van der Waals surface area contributed by atoms with Gasteiger partial charge in [0.2, 0.25) is 0 Å². The minimum atomic E-state index is 0.606. The number of carbonyl (C=O) groups is 1. The van der Waals surface area contributed by atoms with E-state index in [1.807, 2.05) is 12.1 Å². The van der Waals surface area contributed by atoms with Crippen LogP contribution in [0.1, 0.15) is 17.7 Å². The number of hydrogen-bond acceptors (Lipinski definition) is 1. The van der Waals surface area contributed by atoms with Crippen LogP contribution in [-0.2, 0) is 18.3 Å². The van der Waals surface area contributed by atoms with Crippen LogP contribution in [-0.4, -0.2) is 10.9 Å². The Morgan fingerprint density at radius 2 is 2.07 bits per heavy atom. The van der Waals surface area contributed by atoms with Crippen molar-refractivity contribution in [3.8, 4) is 0 Å². The molecule has 1 aromatic heterocycles. The predicted octanol–water partition coefficient (Wildman–Crippen LogP) is 2.62. The third kappa shape index (κ3) is 1.56. The molecule has 0 aliphatic rings. The number of para-hydroxylation sites is 1. The monoisotopic (exact) mass is 201 g/mol. The fourth-order valence-corrected chi connectivity index (χ4v) is 2.12. The molecule has 0 fully saturated rings. The number of nitrogens with zero attached hydrogens (tertiary/aromatic N) is 1. The molecular formula is C13H15NO. The van der Waals surface area contributed by atoms with Gasteiger partial charge in [0.1, 0.15) is 6.29 Å². The molecule has 0 bridgehead atoms. The molecule has 15 heavy (non-hydrogen) atoms. The SMILES string of the molecule is Cc1c(CCC=O)c2ccccc2n1C. The lowest BCUT2D eigenvalue weighted by Gasteiger charge is -1.99. The minimum Gasteiger partial charge on any atom is -0.348 e. The molecule has 0 unspecified atom stereocenters. The van der Waals surface area contributed by atoms with Crippen LogP contribution in [0.15, 0.2) is 24.3 Å². The molecule has 0 aliphatic heterocycles. The maximum atomic E-state index is 10.4. The third-order valence-corrected chi connectivity index (χ3v) is 3.04. The van der Waals surface area contributed by atoms with Crippen molar-refractivity contribution in [2.24, 2.45) is 7.05 Å². The number of aromatic nitrogens is 1. The van der Waals surface area contributed by atoms with E-state index in [0.29, 0.717) is 6.42 Å². The first kappa shape index (κ1) is 9.97. The van der Waals surface area contributed by atoms with E-state index in [1.165, 1.54) is 22.2 Å². The number of hydrogen-bond donors (Lipinski definition) is 0. The van der Waals surface area contributed by atoms with Crippen molar-refractivity contribution >= 4 is 17.2 Å². The molecule has 1 aromatic carbocycles. The van der Waals surface area contributed by atoms with Crippen LogP contribution >= 0.6 is 0 Å². The van der Waals surface area contributed by atoms with Crippen molar-refractivity contribution in [3.05, 3.63) is 35.5 Å². The van der Waals surface area contributed by atoms with Crippen LogP contribution in [0.5, 0.6) is 0 Å². The summed E-state index contributed by atoms with van der Waals surface area (Å²) in [6.45, 7) is 2.11. The molecule has 0 atom stereocenters. The van der Waals surface area contributed by atoms with Gasteiger partial charge in [-0.3, -0.25) is 0 Å². The highest BCUT2D eigenvalue weighted by molar-refractivity contribution is 5.85. The predicted molar refractivity (Wildman–Crippen MR) is 62.0 cm³/mol. The maximum absolute atomic E-state index is 10.4. The molecule has 2 nitrogen and oxygen atoms in total. The number of benzene rings is 1. The van der Waals surface area contributed by atoms with E-state index >= 15 is 0 Å². The van der Waals surface area contributed by atoms with Crippen molar-refractivity contribution < 1.29 is 4.79 Å². The van der Waals surface area contributed by atoms with Crippen molar-refractivity contribution in [1.82, 2.24) is 4.57 Å². The Labute approximate surface area is 89.5 Å². The first-order valence-electron chi connectivity index (χ1n) is 5.22. The second kappa shape index (κ2) is 3.89. The molecule has 0 spiro atoms. The van der Waals surface area contributed by atoms with Crippen LogP contribution in [0.4, 0.5) is 0 Å². The fourth-order valence-electron chi connectivity index (χ4n) is 2.12. The summed E-state index contributed by atoms with van der Waals surface area (Å²) in [5.41, 5.74) is 3.81. The van der Waals surface area contributed by atoms with E-state index in [9.17, 15) is 4.79 Å². The lowest BCUT2D eigenvalue weighted by molar-refractivity contribution is -0.107. The Morgan fingerprint density at radius 1 is 1.33 bits per heavy atom. The zero-order chi connectivity index (χ0) is 10.8. The normalized spacial score (nSPS) is 10.8. The quantitative estimate of drug-likeness (QED) is 0.700. The number of aryl methyl sites for hydroxylation is 2. The lowest BCUT2D eigenvalue weighted by Crippen LogP contribution is -1.93. The van der Waals surface area contributed by atoms with Crippen molar-refractivity contribution in [2.75, 3.05) is 0 Å². The van der Waals surface area contributed by atoms with E-state index < -0.39 is 0 Å². The highest BCUT2D eigenvalue weighted by Crippen LogP contribution is 2.25. The standard InChI is InChI=1S/C13H15NO/c1-10-11(7-5-9-15)12-6-3-4-8-13(12)14(10)2/h3-4,6,8-9H,5,7H2,1-2H3. The summed E-state index contributed by atoms with van der Waals surface area (Å²) in [6.07, 6.45) is 2.44. The molecule has 0 saturated heterocycles. The van der Waals surface area contributed by atoms with Crippen LogP contribution in [0, 0.1) is 6.92 Å². The molecular weight excluding hydrogens is 186 g/mol. The van der Waals surface area contributed by atoms with Crippen molar-refractivity contribution in [2.45, 2.75) is 19.8 Å². The summed E-state index contributed by atoms with van der Waals surface area (Å²) in [7, 11) is 2.07. The van der Waals surface area contributed by atoms with E-state index in [-0.39, 0.29) is 0 Å². The van der Waals surface area contributed by atoms with Gasteiger partial charge in [0.25, 0.3) is 0 Å². The average molecular weight is 201 g/mol. The van der Waals surface area contributed by atoms with Gasteiger partial charge in [-0.25, -0.2) is 0 Å². The number of fused-ring (bicyclic) bond motifs is 1. The van der Waals surface area contributed by atoms with Crippen LogP contribution < -0.4 is 0 Å². The zero-order valence-electron chi connectivity index (χ0n) is 9.16. The van der Waals surface area contributed by atoms with Crippen LogP contribution in [0.3, 0.4) is 0 Å². The first-order valence-corrected chi connectivity index (χ1v) is 5.22. The average Bonchev–Trinajstić information content (AvgIpc) is 2.51. The number of aldehydes is 1. The molecule has 0 saturated carbocycles. The molecule has 0 radical (unpaired) electrons. The first-order chi connectivity index (χ1) is 7.25. The highest BCUT2D eigenvalue weighted by atomic mass is 16.1. The van der Waals surface area contributed by atoms with E-state index in [0.717, 1.165) is 12.7 Å². The third-order valence-electron chi connectivity index (χ3n) is 3.04. The molecule has 0 amide bonds. The summed E-state index contributed by atoms with van der Waals surface area (Å²) >= 11 is 0. The van der Waals surface area contributed by atoms with Gasteiger partial charge in [-0.2, -0.15) is 0 Å². The summed E-state index contributed by atoms with van der Waals surface area (Å²) in [4.78, 5) is 10.4. The molecule has 0 aliphatic carbocycles. The topological polar surface area (TPSA) is 22.0 Å². The maximum Gasteiger partial charge on any atom is 0.120 e. The Kier molecular flexibility index (Phi) is 2.58. The molecule has 2 aromatic rings. The number of rotatable bonds is 3. The van der Waals surface area contributed by atoms with E-state index in [2.05, 4.69) is 30.7 Å². The lowest BCUT2D eigenvalue weighted by atomic mass is 10.1. The Morgan fingerprint density at radius 3 is 2.80 bits per heavy atom. The molecule has 78 valence electrons. The molecule has 2 rings (SSSR count). The van der Waals surface area contributed by atoms with E-state index in [1.54, 1.807) is 0 Å². The van der Waals surface area contributed by atoms with Gasteiger partial charge < -0.3 is 9.36 Å². The Hall–Kier alpha value is -1.57. The largest absolute Gasteiger partial charge is 0.348 e. The summed E-state index contributed by atoms with van der Waals surface area (Å²) < 4.78 is 2.19. The van der Waals surface area contributed by atoms with Gasteiger partial charge in [0, 0.05) is 30.1 Å². The smallest absolute Gasteiger partial charge is 0.120 e. The van der Waals surface area contributed by atoms with Gasteiger partial charge in [-0.1, -0.05) is 18.2 Å². The van der Waals surface area contributed by atoms with Gasteiger partial charge >= 0.3 is 0 Å². The number of carbonyl (C=O) groups excluding carboxylic acids is 1. The highest BCUT2D eigenvalue weighted by Gasteiger charge is 2.10. The Bertz CT molecular complexity index is 496. The molecule has 2 heteroatoms. The second-order valence-corrected chi connectivity index (χ2v) is 3.85. The van der Waals surface area contributed by atoms with Crippen molar-refractivity contribution in [3.63, 3.8) is 0 Å². The summed E-state index contributed by atoms with van der Waals surface area (Å²) in [5, 5.41) is 1.28. The molecule has 1 heterocycles. The van der Waals surface area contributed by atoms with Crippen molar-refractivity contribution in [1.29, 1.82) is 0 Å². The molecule has 0 N–H and O–H groups in total. The van der Waals surface area contributed by atoms with Gasteiger partial charge in [-0.05, 0) is 25.0 Å². The van der Waals surface area contributed by atoms with E-state index in [4.69, 9.17) is 0 Å². The fraction of sp³-hybridized carbons (Fsp3) is 0.308. The Balaban J connectivity index is 2.61. The summed E-state index contributed by atoms with van der Waals surface area (Å²) in [5.74, 6) is 0. The van der Waals surface area contributed by atoms with Gasteiger partial charge in [0.05, 0.1) is 0 Å². The second-order valence-electron chi connectivity index (χ2n) is 3.85. The minimum absolute atomic E-state index is 0.606. The van der Waals surface area contributed by atoms with Gasteiger partial charge in [-0.15, -0.1) is 0 Å².